The summed E-state index contributed by atoms with van der Waals surface area (Å²) >= 11 is 3.13. The van der Waals surface area contributed by atoms with Crippen molar-refractivity contribution in [1.29, 1.82) is 0 Å². The molecule has 0 N–H and O–H groups in total. The number of nitrogens with zero attached hydrogens (tertiary/aromatic N) is 2. The number of aryl methyl sites for hydroxylation is 2. The van der Waals surface area contributed by atoms with Crippen molar-refractivity contribution in [3.05, 3.63) is 57.9 Å². The lowest BCUT2D eigenvalue weighted by atomic mass is 10.1. The van der Waals surface area contributed by atoms with Gasteiger partial charge in [0.1, 0.15) is 6.54 Å². The number of hydrogen-bond acceptors (Lipinski definition) is 5. The molecule has 0 aliphatic carbocycles. The zero-order valence-corrected chi connectivity index (χ0v) is 18.7. The Morgan fingerprint density at radius 3 is 2.45 bits per heavy atom. The average molecular weight is 429 g/mol. The predicted molar refractivity (Wildman–Crippen MR) is 119 cm³/mol. The number of amides is 1. The first-order valence-electron chi connectivity index (χ1n) is 9.51. The number of thiazole rings is 1. The van der Waals surface area contributed by atoms with E-state index >= 15 is 0 Å². The van der Waals surface area contributed by atoms with Crippen molar-refractivity contribution in [3.63, 3.8) is 0 Å². The Kier molecular flexibility index (Phi) is 6.92. The summed E-state index contributed by atoms with van der Waals surface area (Å²) < 4.78 is 7.87. The molecule has 29 heavy (non-hydrogen) atoms. The maximum atomic E-state index is 12.8. The third kappa shape index (κ3) is 4.97. The summed E-state index contributed by atoms with van der Waals surface area (Å²) in [7, 11) is 0. The first-order valence-corrected chi connectivity index (χ1v) is 11.3. The largest absolute Gasteiger partial charge is 0.465 e. The number of carbonyl (C=O) groups is 2. The van der Waals surface area contributed by atoms with Gasteiger partial charge in [-0.3, -0.25) is 9.59 Å². The van der Waals surface area contributed by atoms with Gasteiger partial charge in [-0.15, -0.1) is 11.8 Å². The molecule has 0 radical (unpaired) electrons. The van der Waals surface area contributed by atoms with Crippen molar-refractivity contribution in [2.75, 3.05) is 12.4 Å². The molecule has 0 saturated heterocycles. The fourth-order valence-electron chi connectivity index (χ4n) is 2.91. The number of fused-ring (bicyclic) bond motifs is 1. The van der Waals surface area contributed by atoms with Crippen molar-refractivity contribution in [1.82, 2.24) is 4.57 Å². The van der Waals surface area contributed by atoms with Crippen LogP contribution >= 0.6 is 23.1 Å². The molecule has 152 valence electrons. The lowest BCUT2D eigenvalue weighted by molar-refractivity contribution is -0.143. The molecule has 3 rings (SSSR count). The molecule has 0 spiro atoms. The summed E-state index contributed by atoms with van der Waals surface area (Å²) in [4.78, 5) is 30.9. The van der Waals surface area contributed by atoms with Crippen molar-refractivity contribution < 1.29 is 14.3 Å². The van der Waals surface area contributed by atoms with Crippen LogP contribution in [0.3, 0.4) is 0 Å². The van der Waals surface area contributed by atoms with Crippen molar-refractivity contribution in [2.45, 2.75) is 39.1 Å². The minimum Gasteiger partial charge on any atom is -0.465 e. The number of aromatic nitrogens is 1. The van der Waals surface area contributed by atoms with E-state index in [-0.39, 0.29) is 18.4 Å². The van der Waals surface area contributed by atoms with Crippen LogP contribution in [0.4, 0.5) is 0 Å². The number of thioether (sulfide) groups is 1. The van der Waals surface area contributed by atoms with Crippen molar-refractivity contribution in [3.8, 4) is 0 Å². The van der Waals surface area contributed by atoms with Crippen molar-refractivity contribution in [2.24, 2.45) is 4.99 Å². The normalized spacial score (nSPS) is 11.8. The average Bonchev–Trinajstić information content (AvgIpc) is 2.99. The van der Waals surface area contributed by atoms with Gasteiger partial charge in [0.2, 0.25) is 0 Å². The van der Waals surface area contributed by atoms with Gasteiger partial charge in [0, 0.05) is 10.5 Å². The van der Waals surface area contributed by atoms with E-state index in [0.717, 1.165) is 32.0 Å². The molecule has 0 atom stereocenters. The first kappa shape index (κ1) is 21.3. The Hall–Kier alpha value is -2.38. The highest BCUT2D eigenvalue weighted by atomic mass is 32.2. The maximum absolute atomic E-state index is 12.8. The highest BCUT2D eigenvalue weighted by Crippen LogP contribution is 2.22. The molecular weight excluding hydrogens is 404 g/mol. The van der Waals surface area contributed by atoms with Crippen LogP contribution in [0.25, 0.3) is 10.2 Å². The minimum atomic E-state index is -0.347. The molecule has 0 aliphatic heterocycles. The monoisotopic (exact) mass is 428 g/mol. The van der Waals surface area contributed by atoms with E-state index in [1.165, 1.54) is 11.3 Å². The minimum absolute atomic E-state index is 0.0224. The summed E-state index contributed by atoms with van der Waals surface area (Å²) in [6, 6.07) is 11.5. The predicted octanol–water partition coefficient (Wildman–Crippen LogP) is 4.74. The number of hydrogen-bond donors (Lipinski definition) is 0. The van der Waals surface area contributed by atoms with E-state index in [2.05, 4.69) is 18.0 Å². The van der Waals surface area contributed by atoms with Crippen LogP contribution in [0.5, 0.6) is 0 Å². The Balaban J connectivity index is 2.06. The Bertz CT molecular complexity index is 1110. The van der Waals surface area contributed by atoms with E-state index in [9.17, 15) is 9.59 Å². The van der Waals surface area contributed by atoms with Crippen LogP contribution in [-0.4, -0.2) is 28.8 Å². The quantitative estimate of drug-likeness (QED) is 0.420. The van der Waals surface area contributed by atoms with E-state index in [4.69, 9.17) is 4.74 Å². The number of ether oxygens (including phenoxy) is 1. The van der Waals surface area contributed by atoms with Gasteiger partial charge in [-0.25, -0.2) is 0 Å². The topological polar surface area (TPSA) is 60.7 Å². The van der Waals surface area contributed by atoms with Gasteiger partial charge < -0.3 is 9.30 Å². The highest BCUT2D eigenvalue weighted by Gasteiger charge is 2.14. The number of benzene rings is 2. The van der Waals surface area contributed by atoms with Gasteiger partial charge in [-0.2, -0.15) is 4.99 Å². The van der Waals surface area contributed by atoms with Gasteiger partial charge in [-0.05, 0) is 74.0 Å². The summed E-state index contributed by atoms with van der Waals surface area (Å²) in [5.74, 6) is 0.308. The number of esters is 1. The molecule has 0 bridgehead atoms. The zero-order valence-electron chi connectivity index (χ0n) is 17.0. The van der Waals surface area contributed by atoms with Gasteiger partial charge in [0.25, 0.3) is 5.91 Å². The van der Waals surface area contributed by atoms with Crippen molar-refractivity contribution >= 4 is 45.2 Å². The van der Waals surface area contributed by atoms with Crippen LogP contribution in [0.15, 0.2) is 46.3 Å². The maximum Gasteiger partial charge on any atom is 0.326 e. The lowest BCUT2D eigenvalue weighted by Gasteiger charge is -2.06. The van der Waals surface area contributed by atoms with E-state index in [1.807, 2.05) is 32.0 Å². The summed E-state index contributed by atoms with van der Waals surface area (Å²) in [6.45, 7) is 8.27. The smallest absolute Gasteiger partial charge is 0.326 e. The van der Waals surface area contributed by atoms with Gasteiger partial charge in [0.05, 0.1) is 16.8 Å². The van der Waals surface area contributed by atoms with Gasteiger partial charge in [-0.1, -0.05) is 18.3 Å². The number of rotatable bonds is 6. The molecule has 1 amide bonds. The third-order valence-corrected chi connectivity index (χ3v) is 6.44. The highest BCUT2D eigenvalue weighted by molar-refractivity contribution is 7.99. The van der Waals surface area contributed by atoms with E-state index in [0.29, 0.717) is 17.0 Å². The zero-order chi connectivity index (χ0) is 21.0. The van der Waals surface area contributed by atoms with Crippen LogP contribution in [0, 0.1) is 13.8 Å². The molecule has 2 aromatic carbocycles. The third-order valence-electron chi connectivity index (χ3n) is 4.50. The van der Waals surface area contributed by atoms with E-state index < -0.39 is 0 Å². The second-order valence-electron chi connectivity index (χ2n) is 6.55. The fraction of sp³-hybridized carbons (Fsp3) is 0.318. The number of carbonyl (C=O) groups excluding carboxylic acids is 2. The molecule has 1 heterocycles. The second-order valence-corrected chi connectivity index (χ2v) is 8.90. The summed E-state index contributed by atoms with van der Waals surface area (Å²) in [6.07, 6.45) is 0. The molecule has 0 saturated carbocycles. The van der Waals surface area contributed by atoms with Gasteiger partial charge >= 0.3 is 5.97 Å². The van der Waals surface area contributed by atoms with Gasteiger partial charge in [0.15, 0.2) is 4.80 Å². The Morgan fingerprint density at radius 1 is 1.10 bits per heavy atom. The second kappa shape index (κ2) is 9.41. The molecule has 0 unspecified atom stereocenters. The molecule has 5 nitrogen and oxygen atoms in total. The van der Waals surface area contributed by atoms with Crippen LogP contribution in [-0.2, 0) is 16.1 Å². The molecule has 3 aromatic rings. The fourth-order valence-corrected chi connectivity index (χ4v) is 4.68. The Morgan fingerprint density at radius 2 is 1.79 bits per heavy atom. The Labute approximate surface area is 178 Å². The SMILES string of the molecule is CCOC(=O)Cn1c(=NC(=O)c2ccc(SCC)cc2)sc2cc(C)c(C)cc21. The lowest BCUT2D eigenvalue weighted by Crippen LogP contribution is -2.23. The summed E-state index contributed by atoms with van der Waals surface area (Å²) in [5.41, 5.74) is 3.68. The molecule has 0 aliphatic rings. The first-order chi connectivity index (χ1) is 13.9. The summed E-state index contributed by atoms with van der Waals surface area (Å²) in [5, 5.41) is 0. The molecule has 1 aromatic heterocycles. The van der Waals surface area contributed by atoms with Crippen LogP contribution in [0.1, 0.15) is 35.3 Å². The van der Waals surface area contributed by atoms with Crippen LogP contribution < -0.4 is 4.80 Å². The van der Waals surface area contributed by atoms with Crippen LogP contribution in [0.2, 0.25) is 0 Å². The molecule has 0 fully saturated rings. The standard InChI is InChI=1S/C22H24N2O3S2/c1-5-27-20(25)13-24-18-11-14(3)15(4)12-19(18)29-22(24)23-21(26)16-7-9-17(10-8-16)28-6-2/h7-12H,5-6,13H2,1-4H3. The van der Waals surface area contributed by atoms with E-state index in [1.54, 1.807) is 35.4 Å². The molecule has 7 heteroatoms. The molecular formula is C22H24N2O3S2.